The van der Waals surface area contributed by atoms with E-state index in [0.29, 0.717) is 0 Å². The number of ketones is 1. The maximum absolute atomic E-state index is 10.5. The molecule has 72 valence electrons. The van der Waals surface area contributed by atoms with Gasteiger partial charge in [-0.05, 0) is 0 Å². The van der Waals surface area contributed by atoms with Crippen LogP contribution in [0, 0.1) is 0 Å². The van der Waals surface area contributed by atoms with Crippen LogP contribution >= 0.6 is 0 Å². The lowest BCUT2D eigenvalue weighted by atomic mass is 9.89. The van der Waals surface area contributed by atoms with E-state index in [-0.39, 0.29) is 18.6 Å². The van der Waals surface area contributed by atoms with Crippen molar-refractivity contribution >= 4 is 18.1 Å². The normalized spacial score (nSPS) is 18.6. The highest BCUT2D eigenvalue weighted by atomic mass is 16.8. The average Bonchev–Trinajstić information content (AvgIpc) is 1.79. The molecule has 7 heteroatoms. The second-order valence-electron chi connectivity index (χ2n) is 2.54. The Balaban J connectivity index is 2.60. The first-order valence-corrected chi connectivity index (χ1v) is 3.29. The van der Waals surface area contributed by atoms with Gasteiger partial charge in [-0.15, -0.1) is 0 Å². The van der Waals surface area contributed by atoms with Crippen molar-refractivity contribution in [1.82, 2.24) is 0 Å². The molecule has 0 atom stereocenters. The zero-order valence-electron chi connectivity index (χ0n) is 6.35. The lowest BCUT2D eigenvalue weighted by Gasteiger charge is -2.35. The van der Waals surface area contributed by atoms with Gasteiger partial charge in [0.15, 0.2) is 0 Å². The molecule has 0 amide bonds. The summed E-state index contributed by atoms with van der Waals surface area (Å²) in [6.45, 7) is 0. The predicted octanol–water partition coefficient (Wildman–Crippen LogP) is 0.435. The lowest BCUT2D eigenvalue weighted by Crippen LogP contribution is -2.51. The Kier molecular flexibility index (Phi) is 2.09. The number of carbonyl (C=O) groups excluding carboxylic acids is 1. The summed E-state index contributed by atoms with van der Waals surface area (Å²) >= 11 is 0. The van der Waals surface area contributed by atoms with Gasteiger partial charge in [0.05, 0.1) is 12.8 Å². The fourth-order valence-corrected chi connectivity index (χ4v) is 1.03. The number of rotatable bonds is 2. The molecule has 2 N–H and O–H groups in total. The van der Waals surface area contributed by atoms with E-state index in [2.05, 4.69) is 9.47 Å². The molecule has 0 saturated heterocycles. The summed E-state index contributed by atoms with van der Waals surface area (Å²) in [7, 11) is 0. The summed E-state index contributed by atoms with van der Waals surface area (Å²) in [5, 5.41) is 16.4. The minimum absolute atomic E-state index is 0.303. The Morgan fingerprint density at radius 2 is 1.54 bits per heavy atom. The van der Waals surface area contributed by atoms with Crippen molar-refractivity contribution in [3.8, 4) is 0 Å². The Morgan fingerprint density at radius 1 is 1.15 bits per heavy atom. The first kappa shape index (κ1) is 9.30. The van der Waals surface area contributed by atoms with E-state index in [1.807, 2.05) is 0 Å². The Labute approximate surface area is 71.9 Å². The summed E-state index contributed by atoms with van der Waals surface area (Å²) in [4.78, 5) is 30.7. The van der Waals surface area contributed by atoms with Crippen LogP contribution < -0.4 is 0 Å². The van der Waals surface area contributed by atoms with Crippen LogP contribution in [0.3, 0.4) is 0 Å². The molecule has 0 spiro atoms. The number of carboxylic acid groups (broad SMARTS) is 2. The molecule has 1 aliphatic rings. The minimum atomic E-state index is -1.81. The number of ether oxygens (including phenoxy) is 2. The maximum atomic E-state index is 10.5. The summed E-state index contributed by atoms with van der Waals surface area (Å²) < 4.78 is 8.30. The van der Waals surface area contributed by atoms with Crippen LogP contribution in [0.4, 0.5) is 9.59 Å². The van der Waals surface area contributed by atoms with Gasteiger partial charge in [-0.3, -0.25) is 4.79 Å². The molecule has 0 radical (unpaired) electrons. The van der Waals surface area contributed by atoms with E-state index in [1.54, 1.807) is 0 Å². The molecule has 1 aliphatic carbocycles. The summed E-state index contributed by atoms with van der Waals surface area (Å²) in [6.07, 6.45) is -4.06. The van der Waals surface area contributed by atoms with Gasteiger partial charge in [0.25, 0.3) is 5.79 Å². The Morgan fingerprint density at radius 3 is 1.77 bits per heavy atom. The third-order valence-corrected chi connectivity index (χ3v) is 1.48. The van der Waals surface area contributed by atoms with Gasteiger partial charge in [-0.2, -0.15) is 0 Å². The fraction of sp³-hybridized carbons (Fsp3) is 0.500. The molecule has 1 fully saturated rings. The van der Waals surface area contributed by atoms with E-state index >= 15 is 0 Å². The van der Waals surface area contributed by atoms with Crippen LogP contribution in [-0.2, 0) is 14.3 Å². The molecule has 0 bridgehead atoms. The molecule has 0 aliphatic heterocycles. The third kappa shape index (κ3) is 2.08. The van der Waals surface area contributed by atoms with Crippen molar-refractivity contribution in [2.24, 2.45) is 0 Å². The van der Waals surface area contributed by atoms with Gasteiger partial charge < -0.3 is 19.7 Å². The van der Waals surface area contributed by atoms with Gasteiger partial charge in [-0.25, -0.2) is 9.59 Å². The van der Waals surface area contributed by atoms with Crippen molar-refractivity contribution in [2.45, 2.75) is 18.6 Å². The van der Waals surface area contributed by atoms with E-state index in [0.717, 1.165) is 0 Å². The van der Waals surface area contributed by atoms with E-state index in [1.165, 1.54) is 0 Å². The third-order valence-electron chi connectivity index (χ3n) is 1.48. The first-order valence-electron chi connectivity index (χ1n) is 3.29. The number of carbonyl (C=O) groups is 3. The van der Waals surface area contributed by atoms with E-state index in [9.17, 15) is 14.4 Å². The van der Waals surface area contributed by atoms with Crippen molar-refractivity contribution in [3.05, 3.63) is 0 Å². The second kappa shape index (κ2) is 2.92. The van der Waals surface area contributed by atoms with Crippen LogP contribution in [0.1, 0.15) is 12.8 Å². The minimum Gasteiger partial charge on any atom is -0.450 e. The lowest BCUT2D eigenvalue weighted by molar-refractivity contribution is -0.217. The highest BCUT2D eigenvalue weighted by Crippen LogP contribution is 2.34. The highest BCUT2D eigenvalue weighted by Gasteiger charge is 2.51. The highest BCUT2D eigenvalue weighted by molar-refractivity contribution is 5.88. The first-order chi connectivity index (χ1) is 5.93. The monoisotopic (exact) mass is 190 g/mol. The van der Waals surface area contributed by atoms with Gasteiger partial charge >= 0.3 is 12.3 Å². The summed E-state index contributed by atoms with van der Waals surface area (Å²) in [5.41, 5.74) is 0. The zero-order chi connectivity index (χ0) is 10.1. The average molecular weight is 190 g/mol. The topological polar surface area (TPSA) is 110 Å². The molecule has 0 aromatic carbocycles. The van der Waals surface area contributed by atoms with Gasteiger partial charge in [-0.1, -0.05) is 0 Å². The van der Waals surface area contributed by atoms with Gasteiger partial charge in [0.2, 0.25) is 0 Å². The maximum Gasteiger partial charge on any atom is 0.509 e. The summed E-state index contributed by atoms with van der Waals surface area (Å²) in [5.74, 6) is -2.11. The van der Waals surface area contributed by atoms with Gasteiger partial charge in [0.1, 0.15) is 5.78 Å². The molecule has 0 aromatic heterocycles. The van der Waals surface area contributed by atoms with Crippen LogP contribution in [0.15, 0.2) is 0 Å². The molecular formula is C6H6O7. The largest absolute Gasteiger partial charge is 0.509 e. The van der Waals surface area contributed by atoms with Crippen LogP contribution in [-0.4, -0.2) is 34.1 Å². The van der Waals surface area contributed by atoms with Crippen molar-refractivity contribution in [2.75, 3.05) is 0 Å². The van der Waals surface area contributed by atoms with E-state index in [4.69, 9.17) is 10.2 Å². The van der Waals surface area contributed by atoms with Crippen molar-refractivity contribution in [3.63, 3.8) is 0 Å². The zero-order valence-corrected chi connectivity index (χ0v) is 6.35. The van der Waals surface area contributed by atoms with Gasteiger partial charge in [0, 0.05) is 0 Å². The summed E-state index contributed by atoms with van der Waals surface area (Å²) in [6, 6.07) is 0. The molecule has 1 saturated carbocycles. The Hall–Kier alpha value is -1.79. The Bertz CT molecular complexity index is 242. The molecule has 0 aromatic rings. The van der Waals surface area contributed by atoms with Crippen molar-refractivity contribution < 1.29 is 34.1 Å². The fourth-order valence-electron chi connectivity index (χ4n) is 1.03. The smallest absolute Gasteiger partial charge is 0.450 e. The molecule has 0 heterocycles. The van der Waals surface area contributed by atoms with Crippen molar-refractivity contribution in [1.29, 1.82) is 0 Å². The SMILES string of the molecule is O=C1CC(OC(=O)O)(OC(=O)O)C1. The molecule has 13 heavy (non-hydrogen) atoms. The molecule has 7 nitrogen and oxygen atoms in total. The molecular weight excluding hydrogens is 184 g/mol. The number of Topliss-reactive ketones (excluding diaryl/α,β-unsaturated/α-hetero) is 1. The van der Waals surface area contributed by atoms with Crippen LogP contribution in [0.25, 0.3) is 0 Å². The molecule has 0 unspecified atom stereocenters. The molecule has 1 rings (SSSR count). The van der Waals surface area contributed by atoms with Crippen LogP contribution in [0.5, 0.6) is 0 Å². The predicted molar refractivity (Wildman–Crippen MR) is 35.2 cm³/mol. The number of hydrogen-bond acceptors (Lipinski definition) is 5. The quantitative estimate of drug-likeness (QED) is 0.479. The van der Waals surface area contributed by atoms with E-state index < -0.39 is 18.1 Å². The standard InChI is InChI=1S/C6H6O7/c7-3-1-6(2-3,12-4(8)9)13-5(10)11/h1-2H2,(H,8,9)(H,10,11). The van der Waals surface area contributed by atoms with Crippen LogP contribution in [0.2, 0.25) is 0 Å². The number of hydrogen-bond donors (Lipinski definition) is 2. The second-order valence-corrected chi connectivity index (χ2v) is 2.54.